The number of benzene rings is 2. The number of hydrogen-bond acceptors (Lipinski definition) is 6. The summed E-state index contributed by atoms with van der Waals surface area (Å²) in [5, 5.41) is 16.3. The molecule has 0 bridgehead atoms. The van der Waals surface area contributed by atoms with Crippen molar-refractivity contribution in [1.29, 1.82) is 0 Å². The highest BCUT2D eigenvalue weighted by atomic mass is 16.5. The molecule has 1 amide bonds. The molecule has 7 nitrogen and oxygen atoms in total. The van der Waals surface area contributed by atoms with Crippen LogP contribution < -0.4 is 21.1 Å². The van der Waals surface area contributed by atoms with Crippen molar-refractivity contribution in [2.75, 3.05) is 18.5 Å². The van der Waals surface area contributed by atoms with Gasteiger partial charge in [-0.2, -0.15) is 0 Å². The summed E-state index contributed by atoms with van der Waals surface area (Å²) in [6.45, 7) is 0.659. The molecule has 0 saturated carbocycles. The average Bonchev–Trinajstić information content (AvgIpc) is 3.22. The molecule has 3 aromatic rings. The van der Waals surface area contributed by atoms with Gasteiger partial charge in [-0.3, -0.25) is 9.78 Å². The summed E-state index contributed by atoms with van der Waals surface area (Å²) in [4.78, 5) is 16.5. The van der Waals surface area contributed by atoms with E-state index >= 15 is 0 Å². The van der Waals surface area contributed by atoms with Crippen molar-refractivity contribution >= 4 is 11.6 Å². The molecule has 3 atom stereocenters. The van der Waals surface area contributed by atoms with Gasteiger partial charge >= 0.3 is 0 Å². The van der Waals surface area contributed by atoms with E-state index in [4.69, 9.17) is 10.5 Å². The van der Waals surface area contributed by atoms with Gasteiger partial charge in [0, 0.05) is 41.8 Å². The van der Waals surface area contributed by atoms with Crippen molar-refractivity contribution in [3.05, 3.63) is 89.7 Å². The van der Waals surface area contributed by atoms with Gasteiger partial charge in [0.15, 0.2) is 6.23 Å². The summed E-state index contributed by atoms with van der Waals surface area (Å²) in [5.41, 5.74) is 9.53. The fraction of sp³-hybridized carbons (Fsp3) is 0.217. The number of para-hydroxylation sites is 1. The number of nitrogens with one attached hydrogen (secondary N) is 2. The predicted molar refractivity (Wildman–Crippen MR) is 114 cm³/mol. The lowest BCUT2D eigenvalue weighted by Gasteiger charge is -2.18. The largest absolute Gasteiger partial charge is 0.492 e. The summed E-state index contributed by atoms with van der Waals surface area (Å²) in [6, 6.07) is 18.1. The van der Waals surface area contributed by atoms with Gasteiger partial charge in [-0.05, 0) is 23.8 Å². The average molecular weight is 404 g/mol. The molecule has 4 rings (SSSR count). The van der Waals surface area contributed by atoms with Crippen LogP contribution in [0, 0.1) is 0 Å². The van der Waals surface area contributed by atoms with Gasteiger partial charge in [0.25, 0.3) is 0 Å². The number of amides is 1. The number of aliphatic hydroxyl groups excluding tert-OH is 1. The number of nitrogens with zero attached hydrogens (tertiary/aromatic N) is 1. The Balaban J connectivity index is 1.32. The van der Waals surface area contributed by atoms with Crippen LogP contribution in [0.5, 0.6) is 5.75 Å². The van der Waals surface area contributed by atoms with Crippen molar-refractivity contribution in [1.82, 2.24) is 10.3 Å². The highest BCUT2D eigenvalue weighted by Gasteiger charge is 2.30. The summed E-state index contributed by atoms with van der Waals surface area (Å²) in [6.07, 6.45) is 2.46. The topological polar surface area (TPSA) is 110 Å². The molecular weight excluding hydrogens is 380 g/mol. The number of anilines is 1. The van der Waals surface area contributed by atoms with E-state index in [-0.39, 0.29) is 17.9 Å². The summed E-state index contributed by atoms with van der Waals surface area (Å²) >= 11 is 0. The molecule has 0 aliphatic carbocycles. The van der Waals surface area contributed by atoms with Crippen LogP contribution in [0.3, 0.4) is 0 Å². The molecule has 0 radical (unpaired) electrons. The van der Waals surface area contributed by atoms with Gasteiger partial charge in [0.05, 0.1) is 0 Å². The number of aromatic nitrogens is 1. The number of fused-ring (bicyclic) bond motifs is 1. The molecule has 0 spiro atoms. The predicted octanol–water partition coefficient (Wildman–Crippen LogP) is 2.48. The van der Waals surface area contributed by atoms with Crippen LogP contribution in [-0.4, -0.2) is 29.1 Å². The second kappa shape index (κ2) is 8.94. The third-order valence-corrected chi connectivity index (χ3v) is 5.18. The fourth-order valence-electron chi connectivity index (χ4n) is 3.45. The quantitative estimate of drug-likeness (QED) is 0.451. The first-order chi connectivity index (χ1) is 14.6. The minimum atomic E-state index is -0.847. The highest BCUT2D eigenvalue weighted by molar-refractivity contribution is 5.85. The molecule has 2 heterocycles. The van der Waals surface area contributed by atoms with Gasteiger partial charge in [-0.15, -0.1) is 0 Å². The maximum Gasteiger partial charge on any atom is 0.231 e. The Morgan fingerprint density at radius 3 is 2.57 bits per heavy atom. The zero-order valence-corrected chi connectivity index (χ0v) is 16.4. The Labute approximate surface area is 174 Å². The normalized spacial score (nSPS) is 16.8. The van der Waals surface area contributed by atoms with Crippen molar-refractivity contribution in [2.24, 2.45) is 5.73 Å². The number of pyridine rings is 1. The van der Waals surface area contributed by atoms with Gasteiger partial charge in [0.2, 0.25) is 5.91 Å². The highest BCUT2D eigenvalue weighted by Crippen LogP contribution is 2.33. The number of carbonyl (C=O) groups excluding carboxylic acids is 1. The van der Waals surface area contributed by atoms with Crippen molar-refractivity contribution in [2.45, 2.75) is 18.2 Å². The van der Waals surface area contributed by atoms with E-state index in [0.29, 0.717) is 18.7 Å². The van der Waals surface area contributed by atoms with E-state index < -0.39 is 6.23 Å². The Kier molecular flexibility index (Phi) is 5.92. The second-order valence-corrected chi connectivity index (χ2v) is 7.20. The lowest BCUT2D eigenvalue weighted by molar-refractivity contribution is -0.122. The van der Waals surface area contributed by atoms with Gasteiger partial charge < -0.3 is 26.2 Å². The van der Waals surface area contributed by atoms with E-state index in [1.807, 2.05) is 48.5 Å². The Bertz CT molecular complexity index is 995. The Morgan fingerprint density at radius 2 is 1.80 bits per heavy atom. The number of nitrogens with two attached hydrogens (primary N) is 1. The van der Waals surface area contributed by atoms with Gasteiger partial charge in [-0.25, -0.2) is 0 Å². The van der Waals surface area contributed by atoms with E-state index in [1.165, 1.54) is 0 Å². The molecule has 0 saturated heterocycles. The van der Waals surface area contributed by atoms with Crippen molar-refractivity contribution in [3.8, 4) is 5.75 Å². The molecule has 5 N–H and O–H groups in total. The van der Waals surface area contributed by atoms with Gasteiger partial charge in [0.1, 0.15) is 18.3 Å². The van der Waals surface area contributed by atoms with Crippen LogP contribution in [-0.2, 0) is 4.79 Å². The minimum Gasteiger partial charge on any atom is -0.492 e. The van der Waals surface area contributed by atoms with Gasteiger partial charge in [-0.1, -0.05) is 42.5 Å². The number of aliphatic hydroxyl groups is 1. The first-order valence-electron chi connectivity index (χ1n) is 9.81. The molecule has 2 aromatic carbocycles. The van der Waals surface area contributed by atoms with Crippen LogP contribution >= 0.6 is 0 Å². The molecular formula is C23H24N4O3. The maximum atomic E-state index is 12.6. The van der Waals surface area contributed by atoms with E-state index in [9.17, 15) is 9.90 Å². The number of hydrogen-bond donors (Lipinski definition) is 4. The number of ether oxygens (including phenoxy) is 1. The van der Waals surface area contributed by atoms with E-state index in [0.717, 1.165) is 22.6 Å². The van der Waals surface area contributed by atoms with Crippen LogP contribution in [0.15, 0.2) is 73.1 Å². The second-order valence-electron chi connectivity index (χ2n) is 7.20. The third kappa shape index (κ3) is 4.42. The lowest BCUT2D eigenvalue weighted by Crippen LogP contribution is -2.35. The first-order valence-corrected chi connectivity index (χ1v) is 9.81. The van der Waals surface area contributed by atoms with E-state index in [1.54, 1.807) is 24.5 Å². The molecule has 154 valence electrons. The van der Waals surface area contributed by atoms with Crippen LogP contribution in [0.4, 0.5) is 5.69 Å². The molecule has 0 fully saturated rings. The SMILES string of the molecule is N[C@@H](CNC(=O)C1COc2ccccc21)c1ccc(C(O)Nc2ccncc2)cc1. The smallest absolute Gasteiger partial charge is 0.231 e. The number of rotatable bonds is 7. The standard InChI is InChI=1S/C23H24N4O3/c24-20(13-26-23(29)19-14-30-21-4-2-1-3-18(19)21)15-5-7-16(8-6-15)22(28)27-17-9-11-25-12-10-17/h1-12,19-20,22,28H,13-14,24H2,(H,25,27)(H,26,29)/t19?,20-,22?/m0/s1. The number of carbonyl (C=O) groups is 1. The van der Waals surface area contributed by atoms with Crippen molar-refractivity contribution < 1.29 is 14.6 Å². The van der Waals surface area contributed by atoms with Crippen LogP contribution in [0.1, 0.15) is 34.9 Å². The Morgan fingerprint density at radius 1 is 1.10 bits per heavy atom. The Hall–Kier alpha value is -3.42. The van der Waals surface area contributed by atoms with Crippen LogP contribution in [0.2, 0.25) is 0 Å². The monoisotopic (exact) mass is 404 g/mol. The minimum absolute atomic E-state index is 0.0935. The molecule has 2 unspecified atom stereocenters. The molecule has 1 aliphatic heterocycles. The molecule has 30 heavy (non-hydrogen) atoms. The third-order valence-electron chi connectivity index (χ3n) is 5.18. The maximum absolute atomic E-state index is 12.6. The first kappa shape index (κ1) is 19.9. The fourth-order valence-corrected chi connectivity index (χ4v) is 3.45. The zero-order chi connectivity index (χ0) is 20.9. The summed E-state index contributed by atoms with van der Waals surface area (Å²) in [7, 11) is 0. The molecule has 1 aliphatic rings. The van der Waals surface area contributed by atoms with E-state index in [2.05, 4.69) is 15.6 Å². The summed E-state index contributed by atoms with van der Waals surface area (Å²) < 4.78 is 5.58. The van der Waals surface area contributed by atoms with Crippen LogP contribution in [0.25, 0.3) is 0 Å². The lowest BCUT2D eigenvalue weighted by atomic mass is 10.00. The summed E-state index contributed by atoms with van der Waals surface area (Å²) in [5.74, 6) is 0.352. The van der Waals surface area contributed by atoms with Crippen molar-refractivity contribution in [3.63, 3.8) is 0 Å². The molecule has 1 aromatic heterocycles. The zero-order valence-electron chi connectivity index (χ0n) is 16.4. The molecule has 7 heteroatoms.